The Morgan fingerprint density at radius 2 is 1.89 bits per heavy atom. The lowest BCUT2D eigenvalue weighted by molar-refractivity contribution is 0.790. The molecule has 2 aromatic rings. The normalized spacial score (nSPS) is 12.2. The second-order valence-corrected chi connectivity index (χ2v) is 4.89. The largest absolute Gasteiger partial charge is 0.351 e. The first kappa shape index (κ1) is 13.5. The van der Waals surface area contributed by atoms with Crippen molar-refractivity contribution in [1.82, 2.24) is 9.97 Å². The van der Waals surface area contributed by atoms with Gasteiger partial charge in [0.2, 0.25) is 5.95 Å². The van der Waals surface area contributed by atoms with Crippen molar-refractivity contribution in [1.29, 1.82) is 0 Å². The van der Waals surface area contributed by atoms with Crippen LogP contribution in [-0.2, 0) is 0 Å². The van der Waals surface area contributed by atoms with Gasteiger partial charge in [-0.05, 0) is 31.9 Å². The maximum absolute atomic E-state index is 5.56. The second-order valence-electron chi connectivity index (χ2n) is 4.89. The number of anilines is 1. The molecular formula is C15H20N4. The highest BCUT2D eigenvalue weighted by Gasteiger charge is 2.05. The Morgan fingerprint density at radius 3 is 2.47 bits per heavy atom. The van der Waals surface area contributed by atoms with Crippen LogP contribution in [0.5, 0.6) is 0 Å². The summed E-state index contributed by atoms with van der Waals surface area (Å²) < 4.78 is 0. The zero-order valence-corrected chi connectivity index (χ0v) is 11.6. The van der Waals surface area contributed by atoms with Crippen molar-refractivity contribution in [3.63, 3.8) is 0 Å². The summed E-state index contributed by atoms with van der Waals surface area (Å²) >= 11 is 0. The van der Waals surface area contributed by atoms with Gasteiger partial charge in [0.05, 0.1) is 0 Å². The summed E-state index contributed by atoms with van der Waals surface area (Å²) in [5, 5.41) is 3.15. The Balaban J connectivity index is 2.22. The maximum Gasteiger partial charge on any atom is 0.222 e. The predicted molar refractivity (Wildman–Crippen MR) is 79.1 cm³/mol. The minimum Gasteiger partial charge on any atom is -0.351 e. The van der Waals surface area contributed by atoms with E-state index in [2.05, 4.69) is 47.3 Å². The molecule has 0 amide bonds. The Bertz CT molecular complexity index is 549. The number of rotatable bonds is 4. The molecule has 0 bridgehead atoms. The number of hydrogen-bond donors (Lipinski definition) is 2. The van der Waals surface area contributed by atoms with E-state index in [0.717, 1.165) is 5.56 Å². The van der Waals surface area contributed by atoms with Gasteiger partial charge in [-0.15, -0.1) is 0 Å². The van der Waals surface area contributed by atoms with Crippen molar-refractivity contribution >= 4 is 5.95 Å². The molecule has 100 valence electrons. The van der Waals surface area contributed by atoms with E-state index >= 15 is 0 Å². The number of nitrogens with zero attached hydrogens (tertiary/aromatic N) is 2. The van der Waals surface area contributed by atoms with Crippen LogP contribution in [-0.4, -0.2) is 22.6 Å². The summed E-state index contributed by atoms with van der Waals surface area (Å²) in [7, 11) is 0. The molecule has 0 saturated heterocycles. The van der Waals surface area contributed by atoms with E-state index in [1.165, 1.54) is 16.7 Å². The quantitative estimate of drug-likeness (QED) is 0.882. The molecule has 1 atom stereocenters. The van der Waals surface area contributed by atoms with Crippen molar-refractivity contribution in [2.24, 2.45) is 5.73 Å². The number of aromatic nitrogens is 2. The van der Waals surface area contributed by atoms with Crippen LogP contribution in [0.3, 0.4) is 0 Å². The van der Waals surface area contributed by atoms with Gasteiger partial charge in [-0.3, -0.25) is 0 Å². The number of aryl methyl sites for hydroxylation is 2. The van der Waals surface area contributed by atoms with Crippen molar-refractivity contribution in [2.45, 2.75) is 26.8 Å². The molecule has 1 heterocycles. The van der Waals surface area contributed by atoms with Crippen LogP contribution in [0.2, 0.25) is 0 Å². The Morgan fingerprint density at radius 1 is 1.21 bits per heavy atom. The van der Waals surface area contributed by atoms with Crippen molar-refractivity contribution in [2.75, 3.05) is 11.9 Å². The van der Waals surface area contributed by atoms with Crippen LogP contribution >= 0.6 is 0 Å². The second kappa shape index (κ2) is 5.80. The molecule has 1 unspecified atom stereocenters. The lowest BCUT2D eigenvalue weighted by Crippen LogP contribution is -2.26. The third-order valence-corrected chi connectivity index (χ3v) is 3.07. The molecule has 1 aromatic carbocycles. The molecule has 0 fully saturated rings. The zero-order valence-electron chi connectivity index (χ0n) is 11.6. The van der Waals surface area contributed by atoms with Crippen LogP contribution in [0.1, 0.15) is 18.1 Å². The molecule has 19 heavy (non-hydrogen) atoms. The smallest absolute Gasteiger partial charge is 0.222 e. The van der Waals surface area contributed by atoms with Gasteiger partial charge in [0, 0.05) is 30.5 Å². The highest BCUT2D eigenvalue weighted by atomic mass is 15.1. The summed E-state index contributed by atoms with van der Waals surface area (Å²) in [6.07, 6.45) is 3.69. The van der Waals surface area contributed by atoms with Crippen molar-refractivity contribution in [3.05, 3.63) is 41.7 Å². The van der Waals surface area contributed by atoms with E-state index in [1.807, 2.05) is 19.3 Å². The summed E-state index contributed by atoms with van der Waals surface area (Å²) in [5.74, 6) is 0.617. The topological polar surface area (TPSA) is 63.8 Å². The zero-order chi connectivity index (χ0) is 13.8. The highest BCUT2D eigenvalue weighted by molar-refractivity contribution is 5.66. The molecule has 1 aromatic heterocycles. The van der Waals surface area contributed by atoms with E-state index in [0.29, 0.717) is 12.5 Å². The maximum atomic E-state index is 5.56. The number of hydrogen-bond acceptors (Lipinski definition) is 4. The van der Waals surface area contributed by atoms with Crippen LogP contribution in [0.4, 0.5) is 5.95 Å². The molecular weight excluding hydrogens is 236 g/mol. The molecule has 4 nitrogen and oxygen atoms in total. The molecule has 0 aliphatic heterocycles. The van der Waals surface area contributed by atoms with Crippen LogP contribution in [0.25, 0.3) is 11.1 Å². The Kier molecular flexibility index (Phi) is 4.12. The fourth-order valence-corrected chi connectivity index (χ4v) is 1.96. The number of benzene rings is 1. The van der Waals surface area contributed by atoms with Gasteiger partial charge in [-0.2, -0.15) is 0 Å². The summed E-state index contributed by atoms with van der Waals surface area (Å²) in [6.45, 7) is 6.75. The molecule has 0 aliphatic rings. The lowest BCUT2D eigenvalue weighted by atomic mass is 10.0. The first-order valence-corrected chi connectivity index (χ1v) is 6.46. The third kappa shape index (κ3) is 3.29. The molecule has 0 radical (unpaired) electrons. The molecule has 3 N–H and O–H groups in total. The summed E-state index contributed by atoms with van der Waals surface area (Å²) in [6, 6.07) is 6.55. The Hall–Kier alpha value is -1.94. The van der Waals surface area contributed by atoms with Gasteiger partial charge in [0.1, 0.15) is 0 Å². The molecule has 0 spiro atoms. The van der Waals surface area contributed by atoms with Crippen molar-refractivity contribution in [3.8, 4) is 11.1 Å². The Labute approximate surface area is 114 Å². The highest BCUT2D eigenvalue weighted by Crippen LogP contribution is 2.23. The van der Waals surface area contributed by atoms with Gasteiger partial charge in [-0.25, -0.2) is 9.97 Å². The van der Waals surface area contributed by atoms with E-state index in [4.69, 9.17) is 5.73 Å². The van der Waals surface area contributed by atoms with Crippen LogP contribution in [0.15, 0.2) is 30.6 Å². The van der Waals surface area contributed by atoms with Gasteiger partial charge in [-0.1, -0.05) is 23.8 Å². The molecule has 2 rings (SSSR count). The van der Waals surface area contributed by atoms with E-state index in [1.54, 1.807) is 0 Å². The van der Waals surface area contributed by atoms with Gasteiger partial charge in [0.25, 0.3) is 0 Å². The SMILES string of the molecule is Cc1ccc(-c2cnc(NC(C)CN)nc2)c(C)c1. The predicted octanol–water partition coefficient (Wildman–Crippen LogP) is 2.52. The van der Waals surface area contributed by atoms with Gasteiger partial charge < -0.3 is 11.1 Å². The number of nitrogens with one attached hydrogen (secondary N) is 1. The van der Waals surface area contributed by atoms with Gasteiger partial charge >= 0.3 is 0 Å². The third-order valence-electron chi connectivity index (χ3n) is 3.07. The van der Waals surface area contributed by atoms with E-state index in [9.17, 15) is 0 Å². The fourth-order valence-electron chi connectivity index (χ4n) is 1.96. The number of nitrogens with two attached hydrogens (primary N) is 1. The van der Waals surface area contributed by atoms with Gasteiger partial charge in [0.15, 0.2) is 0 Å². The van der Waals surface area contributed by atoms with Crippen molar-refractivity contribution < 1.29 is 0 Å². The molecule has 0 saturated carbocycles. The lowest BCUT2D eigenvalue weighted by Gasteiger charge is -2.11. The molecule has 0 aliphatic carbocycles. The van der Waals surface area contributed by atoms with Crippen LogP contribution < -0.4 is 11.1 Å². The first-order valence-electron chi connectivity index (χ1n) is 6.46. The molecule has 4 heteroatoms. The first-order chi connectivity index (χ1) is 9.10. The average molecular weight is 256 g/mol. The average Bonchev–Trinajstić information content (AvgIpc) is 2.40. The standard InChI is InChI=1S/C15H20N4/c1-10-4-5-14(11(2)6-10)13-8-17-15(18-9-13)19-12(3)7-16/h4-6,8-9,12H,7,16H2,1-3H3,(H,17,18,19). The minimum atomic E-state index is 0.173. The summed E-state index contributed by atoms with van der Waals surface area (Å²) in [5.41, 5.74) is 10.3. The van der Waals surface area contributed by atoms with Crippen LogP contribution in [0, 0.1) is 13.8 Å². The van der Waals surface area contributed by atoms with E-state index < -0.39 is 0 Å². The monoisotopic (exact) mass is 256 g/mol. The minimum absolute atomic E-state index is 0.173. The fraction of sp³-hybridized carbons (Fsp3) is 0.333. The summed E-state index contributed by atoms with van der Waals surface area (Å²) in [4.78, 5) is 8.66. The van der Waals surface area contributed by atoms with E-state index in [-0.39, 0.29) is 6.04 Å².